The van der Waals surface area contributed by atoms with Crippen LogP contribution in [0.15, 0.2) is 18.3 Å². The van der Waals surface area contributed by atoms with Gasteiger partial charge in [-0.05, 0) is 30.5 Å². The average Bonchev–Trinajstić information content (AvgIpc) is 2.55. The summed E-state index contributed by atoms with van der Waals surface area (Å²) in [5, 5.41) is 0. The Balaban J connectivity index is 2.80. The highest BCUT2D eigenvalue weighted by Gasteiger charge is 2.25. The number of nitrogens with zero attached hydrogens (tertiary/aromatic N) is 2. The Morgan fingerprint density at radius 2 is 1.88 bits per heavy atom. The maximum atomic E-state index is 4.83. The van der Waals surface area contributed by atoms with E-state index < -0.39 is 0 Å². The van der Waals surface area contributed by atoms with Gasteiger partial charge in [-0.1, -0.05) is 34.6 Å². The first-order valence-corrected chi connectivity index (χ1v) is 6.30. The highest BCUT2D eigenvalue weighted by Crippen LogP contribution is 2.30. The van der Waals surface area contributed by atoms with Crippen molar-refractivity contribution in [2.45, 2.75) is 52.9 Å². The van der Waals surface area contributed by atoms with Gasteiger partial charge >= 0.3 is 0 Å². The zero-order chi connectivity index (χ0) is 12.8. The number of imidazole rings is 1. The second kappa shape index (κ2) is 3.86. The van der Waals surface area contributed by atoms with E-state index in [1.165, 1.54) is 17.0 Å². The van der Waals surface area contributed by atoms with Crippen molar-refractivity contribution in [1.29, 1.82) is 0 Å². The smallest absolute Gasteiger partial charge is 0.137 e. The molecular weight excluding hydrogens is 208 g/mol. The summed E-state index contributed by atoms with van der Waals surface area (Å²) in [5.41, 5.74) is 4.99. The molecule has 2 aromatic rings. The lowest BCUT2D eigenvalue weighted by molar-refractivity contribution is 0.557. The van der Waals surface area contributed by atoms with Crippen LogP contribution in [0.5, 0.6) is 0 Å². The molecular formula is C15H22N2. The monoisotopic (exact) mass is 230 g/mol. The molecule has 2 rings (SSSR count). The summed E-state index contributed by atoms with van der Waals surface area (Å²) in [6.07, 6.45) is 2.14. The van der Waals surface area contributed by atoms with E-state index in [0.717, 1.165) is 5.65 Å². The first kappa shape index (κ1) is 12.2. The van der Waals surface area contributed by atoms with Gasteiger partial charge < -0.3 is 4.40 Å². The summed E-state index contributed by atoms with van der Waals surface area (Å²) in [7, 11) is 0. The fourth-order valence-corrected chi connectivity index (χ4v) is 2.27. The summed E-state index contributed by atoms with van der Waals surface area (Å²) >= 11 is 0. The average molecular weight is 230 g/mol. The molecule has 0 amide bonds. The van der Waals surface area contributed by atoms with Crippen LogP contribution >= 0.6 is 0 Å². The zero-order valence-electron chi connectivity index (χ0n) is 11.7. The third-order valence-electron chi connectivity index (χ3n) is 3.08. The van der Waals surface area contributed by atoms with Crippen molar-refractivity contribution >= 4 is 5.65 Å². The predicted octanol–water partition coefficient (Wildman–Crippen LogP) is 4.06. The Kier molecular flexibility index (Phi) is 2.76. The van der Waals surface area contributed by atoms with Crippen LogP contribution in [0.3, 0.4) is 0 Å². The van der Waals surface area contributed by atoms with E-state index in [1.54, 1.807) is 0 Å². The molecule has 0 aliphatic heterocycles. The maximum Gasteiger partial charge on any atom is 0.137 e. The third kappa shape index (κ3) is 2.08. The van der Waals surface area contributed by atoms with Crippen molar-refractivity contribution in [3.8, 4) is 0 Å². The maximum absolute atomic E-state index is 4.83. The van der Waals surface area contributed by atoms with Crippen molar-refractivity contribution in [3.63, 3.8) is 0 Å². The highest BCUT2D eigenvalue weighted by molar-refractivity contribution is 5.47. The molecule has 2 heteroatoms. The second-order valence-electron chi connectivity index (χ2n) is 6.18. The van der Waals surface area contributed by atoms with Crippen LogP contribution in [0.2, 0.25) is 0 Å². The van der Waals surface area contributed by atoms with Gasteiger partial charge in [0.1, 0.15) is 5.65 Å². The topological polar surface area (TPSA) is 17.3 Å². The Bertz CT molecular complexity index is 542. The summed E-state index contributed by atoms with van der Waals surface area (Å²) in [5.74, 6) is 0.488. The van der Waals surface area contributed by atoms with Crippen LogP contribution in [0.4, 0.5) is 0 Å². The van der Waals surface area contributed by atoms with Crippen molar-refractivity contribution in [1.82, 2.24) is 9.38 Å². The largest absolute Gasteiger partial charge is 0.303 e. The Hall–Kier alpha value is -1.31. The van der Waals surface area contributed by atoms with E-state index in [1.807, 2.05) is 0 Å². The van der Waals surface area contributed by atoms with Crippen LogP contribution in [0, 0.1) is 6.92 Å². The van der Waals surface area contributed by atoms with Crippen molar-refractivity contribution < 1.29 is 0 Å². The molecule has 0 unspecified atom stereocenters. The van der Waals surface area contributed by atoms with Gasteiger partial charge in [-0.15, -0.1) is 0 Å². The molecule has 2 nitrogen and oxygen atoms in total. The van der Waals surface area contributed by atoms with Gasteiger partial charge in [0.2, 0.25) is 0 Å². The van der Waals surface area contributed by atoms with Crippen LogP contribution in [0.1, 0.15) is 57.5 Å². The van der Waals surface area contributed by atoms with Crippen LogP contribution < -0.4 is 0 Å². The number of pyridine rings is 1. The van der Waals surface area contributed by atoms with Gasteiger partial charge in [0.05, 0.1) is 5.69 Å². The number of hydrogen-bond acceptors (Lipinski definition) is 1. The minimum atomic E-state index is 0.0968. The van der Waals surface area contributed by atoms with Gasteiger partial charge in [0.15, 0.2) is 0 Å². The molecule has 0 bridgehead atoms. The fraction of sp³-hybridized carbons (Fsp3) is 0.533. The molecule has 0 fully saturated rings. The Labute approximate surface area is 104 Å². The lowest BCUT2D eigenvalue weighted by Gasteiger charge is -2.19. The minimum Gasteiger partial charge on any atom is -0.303 e. The number of aromatic nitrogens is 2. The number of rotatable bonds is 1. The molecule has 2 aromatic heterocycles. The Morgan fingerprint density at radius 1 is 1.24 bits per heavy atom. The van der Waals surface area contributed by atoms with E-state index in [9.17, 15) is 0 Å². The molecule has 0 aromatic carbocycles. The fourth-order valence-electron chi connectivity index (χ4n) is 2.27. The van der Waals surface area contributed by atoms with Gasteiger partial charge in [-0.3, -0.25) is 0 Å². The molecule has 0 saturated heterocycles. The minimum absolute atomic E-state index is 0.0968. The predicted molar refractivity (Wildman–Crippen MR) is 72.7 cm³/mol. The summed E-state index contributed by atoms with van der Waals surface area (Å²) in [6, 6.07) is 4.30. The Morgan fingerprint density at radius 3 is 2.41 bits per heavy atom. The molecule has 0 saturated carbocycles. The number of hydrogen-bond donors (Lipinski definition) is 0. The molecule has 0 N–H and O–H groups in total. The van der Waals surface area contributed by atoms with E-state index in [0.29, 0.717) is 5.92 Å². The molecule has 92 valence electrons. The molecule has 0 radical (unpaired) electrons. The van der Waals surface area contributed by atoms with Crippen molar-refractivity contribution in [2.24, 2.45) is 0 Å². The van der Waals surface area contributed by atoms with Crippen LogP contribution in [-0.4, -0.2) is 9.38 Å². The summed E-state index contributed by atoms with van der Waals surface area (Å²) < 4.78 is 2.23. The zero-order valence-corrected chi connectivity index (χ0v) is 11.7. The van der Waals surface area contributed by atoms with Crippen LogP contribution in [-0.2, 0) is 5.41 Å². The lowest BCUT2D eigenvalue weighted by Crippen LogP contribution is -2.15. The molecule has 0 aliphatic carbocycles. The first-order chi connectivity index (χ1) is 7.80. The van der Waals surface area contributed by atoms with E-state index >= 15 is 0 Å². The van der Waals surface area contributed by atoms with Gasteiger partial charge in [0, 0.05) is 17.3 Å². The van der Waals surface area contributed by atoms with Crippen molar-refractivity contribution in [2.75, 3.05) is 0 Å². The normalized spacial score (nSPS) is 12.6. The second-order valence-corrected chi connectivity index (χ2v) is 6.18. The van der Waals surface area contributed by atoms with Gasteiger partial charge in [0.25, 0.3) is 0 Å². The molecule has 0 spiro atoms. The summed E-state index contributed by atoms with van der Waals surface area (Å²) in [4.78, 5) is 4.83. The van der Waals surface area contributed by atoms with Crippen LogP contribution in [0.25, 0.3) is 5.65 Å². The molecule has 2 heterocycles. The molecule has 0 atom stereocenters. The first-order valence-electron chi connectivity index (χ1n) is 6.30. The lowest BCUT2D eigenvalue weighted by atomic mass is 9.88. The third-order valence-corrected chi connectivity index (χ3v) is 3.08. The van der Waals surface area contributed by atoms with Gasteiger partial charge in [-0.2, -0.15) is 0 Å². The molecule has 17 heavy (non-hydrogen) atoms. The standard InChI is InChI=1S/C15H22N2/c1-10(2)13-14(15(4,5)6)16-12-9-11(3)7-8-17(12)13/h7-10H,1-6H3. The summed E-state index contributed by atoms with van der Waals surface area (Å²) in [6.45, 7) is 13.3. The van der Waals surface area contributed by atoms with Crippen molar-refractivity contribution in [3.05, 3.63) is 35.3 Å². The highest BCUT2D eigenvalue weighted by atomic mass is 15.0. The van der Waals surface area contributed by atoms with Gasteiger partial charge in [-0.25, -0.2) is 4.98 Å². The van der Waals surface area contributed by atoms with E-state index in [2.05, 4.69) is 64.3 Å². The number of aryl methyl sites for hydroxylation is 1. The SMILES string of the molecule is Cc1ccn2c(C(C)C)c(C(C)(C)C)nc2c1. The van der Waals surface area contributed by atoms with E-state index in [4.69, 9.17) is 4.98 Å². The van der Waals surface area contributed by atoms with E-state index in [-0.39, 0.29) is 5.41 Å². The number of fused-ring (bicyclic) bond motifs is 1. The quantitative estimate of drug-likeness (QED) is 0.722. The molecule has 0 aliphatic rings.